The van der Waals surface area contributed by atoms with Crippen LogP contribution in [0.3, 0.4) is 0 Å². The molecule has 3 rings (SSSR count). The zero-order valence-corrected chi connectivity index (χ0v) is 21.5. The van der Waals surface area contributed by atoms with E-state index >= 15 is 0 Å². The Bertz CT molecular complexity index is 1420. The summed E-state index contributed by atoms with van der Waals surface area (Å²) in [5, 5.41) is 0. The number of aromatic nitrogens is 4. The molecule has 36 heavy (non-hydrogen) atoms. The van der Waals surface area contributed by atoms with Crippen LogP contribution in [-0.4, -0.2) is 80.0 Å². The summed E-state index contributed by atoms with van der Waals surface area (Å²) in [5.74, 6) is -1.07. The Balaban J connectivity index is 0.00000456. The zero-order chi connectivity index (χ0) is 26.3. The second-order valence-corrected chi connectivity index (χ2v) is 11.3. The van der Waals surface area contributed by atoms with Crippen LogP contribution in [0.5, 0.6) is 5.75 Å². The van der Waals surface area contributed by atoms with Gasteiger partial charge in [-0.05, 0) is 6.07 Å². The maximum atomic E-state index is 13.1. The lowest BCUT2D eigenvalue weighted by molar-refractivity contribution is -0.141. The van der Waals surface area contributed by atoms with E-state index in [1.54, 1.807) is 0 Å². The molecule has 0 fully saturated rings. The average Bonchev–Trinajstić information content (AvgIpc) is 3.11. The molecule has 0 aliphatic heterocycles. The number of ether oxygens (including phenoxy) is 1. The van der Waals surface area contributed by atoms with Gasteiger partial charge in [0.1, 0.15) is 22.0 Å². The van der Waals surface area contributed by atoms with E-state index in [4.69, 9.17) is 4.74 Å². The fourth-order valence-corrected chi connectivity index (χ4v) is 4.89. The number of fused-ring (bicyclic) bond motifs is 1. The van der Waals surface area contributed by atoms with Crippen molar-refractivity contribution in [3.63, 3.8) is 0 Å². The third kappa shape index (κ3) is 5.65. The topological polar surface area (TPSA) is 156 Å². The number of likely N-dealkylation sites (N-methyl/N-ethyl adjacent to an activating group) is 1. The van der Waals surface area contributed by atoms with Crippen molar-refractivity contribution in [2.45, 2.75) is 23.4 Å². The van der Waals surface area contributed by atoms with Crippen molar-refractivity contribution in [3.8, 4) is 17.3 Å². The standard InChI is InChI=1S/C20H22F3N5O5S2.H2O/c1-6-35(31,32)14-7-11(33-19(34(5)30)18(29)27(2)3)9-25-16(14)17-26-12-8-15(20(21,22)23)24-10-13(12)28(17)4;/h7-10,19H,6H2,1-5H3;1H2. The number of halogens is 3. The number of alkyl halides is 3. The average molecular weight is 552 g/mol. The Morgan fingerprint density at radius 2 is 1.86 bits per heavy atom. The second-order valence-electron chi connectivity index (χ2n) is 7.65. The molecule has 2 unspecified atom stereocenters. The summed E-state index contributed by atoms with van der Waals surface area (Å²) in [6.45, 7) is 1.40. The zero-order valence-electron chi connectivity index (χ0n) is 19.8. The lowest BCUT2D eigenvalue weighted by Gasteiger charge is -2.20. The number of amides is 1. The van der Waals surface area contributed by atoms with Crippen LogP contribution in [0.2, 0.25) is 0 Å². The van der Waals surface area contributed by atoms with E-state index in [0.717, 1.165) is 24.5 Å². The van der Waals surface area contributed by atoms with Crippen LogP contribution >= 0.6 is 0 Å². The Morgan fingerprint density at radius 1 is 1.22 bits per heavy atom. The molecule has 198 valence electrons. The van der Waals surface area contributed by atoms with Crippen molar-refractivity contribution in [2.75, 3.05) is 26.1 Å². The molecule has 3 heterocycles. The first-order valence-corrected chi connectivity index (χ1v) is 13.3. The summed E-state index contributed by atoms with van der Waals surface area (Å²) in [4.78, 5) is 25.0. The summed E-state index contributed by atoms with van der Waals surface area (Å²) in [7, 11) is -1.31. The van der Waals surface area contributed by atoms with Crippen molar-refractivity contribution in [3.05, 3.63) is 30.2 Å². The fraction of sp³-hybridized carbons (Fsp3) is 0.400. The predicted molar refractivity (Wildman–Crippen MR) is 125 cm³/mol. The third-order valence-electron chi connectivity index (χ3n) is 5.00. The van der Waals surface area contributed by atoms with Gasteiger partial charge in [0.2, 0.25) is 5.44 Å². The lowest BCUT2D eigenvalue weighted by atomic mass is 10.3. The van der Waals surface area contributed by atoms with E-state index < -0.39 is 43.9 Å². The molecule has 0 aliphatic rings. The second kappa shape index (κ2) is 10.5. The molecule has 11 nitrogen and oxygen atoms in total. The molecule has 0 aromatic carbocycles. The molecule has 2 atom stereocenters. The summed E-state index contributed by atoms with van der Waals surface area (Å²) < 4.78 is 84.0. The molecular formula is C20H24F3N5O6S2. The first-order chi connectivity index (χ1) is 16.2. The lowest BCUT2D eigenvalue weighted by Crippen LogP contribution is -2.40. The highest BCUT2D eigenvalue weighted by Gasteiger charge is 2.33. The van der Waals surface area contributed by atoms with Crippen molar-refractivity contribution in [1.29, 1.82) is 0 Å². The van der Waals surface area contributed by atoms with Crippen LogP contribution in [0.25, 0.3) is 22.6 Å². The molecule has 0 bridgehead atoms. The number of carbonyl (C=O) groups excluding carboxylic acids is 1. The number of carbonyl (C=O) groups is 1. The van der Waals surface area contributed by atoms with Crippen LogP contribution in [0.4, 0.5) is 13.2 Å². The highest BCUT2D eigenvalue weighted by Crippen LogP contribution is 2.33. The summed E-state index contributed by atoms with van der Waals surface area (Å²) in [6.07, 6.45) is -1.29. The van der Waals surface area contributed by atoms with Crippen LogP contribution in [0.15, 0.2) is 29.4 Å². The van der Waals surface area contributed by atoms with Crippen LogP contribution in [0, 0.1) is 0 Å². The van der Waals surface area contributed by atoms with Gasteiger partial charge in [-0.25, -0.2) is 23.4 Å². The smallest absolute Gasteiger partial charge is 0.433 e. The SMILES string of the molecule is CCS(=O)(=O)c1cc(OC(C(=O)N(C)C)S(C)=O)cnc1-c1nc2cc(C(F)(F)F)ncc2n1C.O. The molecule has 0 radical (unpaired) electrons. The van der Waals surface area contributed by atoms with Gasteiger partial charge in [0.05, 0.1) is 40.0 Å². The van der Waals surface area contributed by atoms with Crippen molar-refractivity contribution in [1.82, 2.24) is 24.4 Å². The van der Waals surface area contributed by atoms with E-state index in [1.807, 2.05) is 0 Å². The Kier molecular flexibility index (Phi) is 8.48. The van der Waals surface area contributed by atoms with Crippen LogP contribution < -0.4 is 4.74 Å². The van der Waals surface area contributed by atoms with E-state index in [1.165, 1.54) is 43.8 Å². The third-order valence-corrected chi connectivity index (χ3v) is 7.64. The molecule has 0 spiro atoms. The molecule has 2 N–H and O–H groups in total. The Hall–Kier alpha value is -3.11. The summed E-state index contributed by atoms with van der Waals surface area (Å²) in [5.41, 5.74) is -2.49. The van der Waals surface area contributed by atoms with Crippen molar-refractivity contribution in [2.24, 2.45) is 7.05 Å². The molecule has 1 amide bonds. The minimum absolute atomic E-state index is 0. The van der Waals surface area contributed by atoms with E-state index in [-0.39, 0.29) is 44.4 Å². The molecule has 16 heteroatoms. The molecule has 0 saturated heterocycles. The number of aryl methyl sites for hydroxylation is 1. The Labute approximate surface area is 207 Å². The van der Waals surface area contributed by atoms with Gasteiger partial charge in [-0.2, -0.15) is 13.2 Å². The largest absolute Gasteiger partial charge is 0.466 e. The first kappa shape index (κ1) is 29.1. The minimum atomic E-state index is -4.68. The number of hydrogen-bond acceptors (Lipinski definition) is 8. The summed E-state index contributed by atoms with van der Waals surface area (Å²) >= 11 is 0. The first-order valence-electron chi connectivity index (χ1n) is 10.00. The fourth-order valence-electron chi connectivity index (χ4n) is 3.10. The maximum Gasteiger partial charge on any atom is 0.433 e. The van der Waals surface area contributed by atoms with Crippen LogP contribution in [0.1, 0.15) is 12.6 Å². The monoisotopic (exact) mass is 551 g/mol. The van der Waals surface area contributed by atoms with Gasteiger partial charge in [0.25, 0.3) is 5.91 Å². The van der Waals surface area contributed by atoms with Crippen LogP contribution in [-0.2, 0) is 38.7 Å². The molecule has 3 aromatic rings. The quantitative estimate of drug-likeness (QED) is 0.424. The van der Waals surface area contributed by atoms with E-state index in [9.17, 15) is 30.6 Å². The number of imidazole rings is 1. The predicted octanol–water partition coefficient (Wildman–Crippen LogP) is 1.19. The number of pyridine rings is 2. The number of hydrogen-bond donors (Lipinski definition) is 0. The number of sulfone groups is 1. The van der Waals surface area contributed by atoms with Gasteiger partial charge in [-0.15, -0.1) is 0 Å². The number of nitrogens with zero attached hydrogens (tertiary/aromatic N) is 5. The van der Waals surface area contributed by atoms with Gasteiger partial charge in [0, 0.05) is 33.5 Å². The van der Waals surface area contributed by atoms with Gasteiger partial charge >= 0.3 is 6.18 Å². The molecule has 0 saturated carbocycles. The molecule has 3 aromatic heterocycles. The minimum Gasteiger partial charge on any atom is -0.466 e. The van der Waals surface area contributed by atoms with Gasteiger partial charge < -0.3 is 19.7 Å². The normalized spacial score (nSPS) is 13.7. The van der Waals surface area contributed by atoms with Gasteiger partial charge in [-0.1, -0.05) is 6.92 Å². The summed E-state index contributed by atoms with van der Waals surface area (Å²) in [6, 6.07) is 1.89. The van der Waals surface area contributed by atoms with Crippen molar-refractivity contribution < 1.29 is 40.8 Å². The highest BCUT2D eigenvalue weighted by molar-refractivity contribution is 7.91. The van der Waals surface area contributed by atoms with E-state index in [2.05, 4.69) is 15.0 Å². The Morgan fingerprint density at radius 3 is 2.39 bits per heavy atom. The maximum absolute atomic E-state index is 13.1. The van der Waals surface area contributed by atoms with E-state index in [0.29, 0.717) is 0 Å². The number of rotatable bonds is 7. The van der Waals surface area contributed by atoms with Crippen molar-refractivity contribution >= 4 is 37.6 Å². The van der Waals surface area contributed by atoms with Gasteiger partial charge in [-0.3, -0.25) is 9.00 Å². The molecule has 0 aliphatic carbocycles. The molecular weight excluding hydrogens is 527 g/mol. The van der Waals surface area contributed by atoms with Gasteiger partial charge in [0.15, 0.2) is 15.7 Å². The highest BCUT2D eigenvalue weighted by atomic mass is 32.2.